The summed E-state index contributed by atoms with van der Waals surface area (Å²) in [6, 6.07) is -2.77. The maximum Gasteiger partial charge on any atom is 0.321 e. The van der Waals surface area contributed by atoms with Gasteiger partial charge in [-0.3, -0.25) is 29.5 Å². The highest BCUT2D eigenvalue weighted by atomic mass is 16.2. The van der Waals surface area contributed by atoms with Crippen LogP contribution in [0.15, 0.2) is 4.99 Å². The van der Waals surface area contributed by atoms with Gasteiger partial charge in [0.2, 0.25) is 23.6 Å². The second kappa shape index (κ2) is 18.8. The van der Waals surface area contributed by atoms with Crippen LogP contribution in [-0.4, -0.2) is 88.0 Å². The molecule has 0 heterocycles. The van der Waals surface area contributed by atoms with Crippen LogP contribution in [0.5, 0.6) is 0 Å². The Kier molecular flexibility index (Phi) is 17.0. The minimum Gasteiger partial charge on any atom is -0.370 e. The molecule has 206 valence electrons. The SMILES string of the molecule is CNC(=O)C(CCC(=O)NC(=O)NCCCCC(NC(=O)C(N)CCCN=C(N)N)C(=O)NC)NC. The lowest BCUT2D eigenvalue weighted by Crippen LogP contribution is -2.51. The van der Waals surface area contributed by atoms with Gasteiger partial charge in [-0.2, -0.15) is 0 Å². The number of hydrogen-bond donors (Lipinski definition) is 9. The number of unbranched alkanes of at least 4 members (excludes halogenated alkanes) is 1. The maximum atomic E-state index is 12.3. The second-order valence-corrected chi connectivity index (χ2v) is 8.02. The Balaban J connectivity index is 4.33. The molecule has 0 spiro atoms. The number of imide groups is 1. The second-order valence-electron chi connectivity index (χ2n) is 8.02. The van der Waals surface area contributed by atoms with Gasteiger partial charge in [0.25, 0.3) is 0 Å². The first-order chi connectivity index (χ1) is 17.0. The van der Waals surface area contributed by atoms with Gasteiger partial charge >= 0.3 is 6.03 Å². The van der Waals surface area contributed by atoms with Gasteiger partial charge in [0.1, 0.15) is 6.04 Å². The molecule has 15 nitrogen and oxygen atoms in total. The van der Waals surface area contributed by atoms with E-state index < -0.39 is 36.0 Å². The van der Waals surface area contributed by atoms with Crippen LogP contribution >= 0.6 is 0 Å². The van der Waals surface area contributed by atoms with Crippen LogP contribution in [0.1, 0.15) is 44.9 Å². The van der Waals surface area contributed by atoms with E-state index in [1.165, 1.54) is 14.1 Å². The number of nitrogens with one attached hydrogen (secondary N) is 6. The molecule has 0 aliphatic carbocycles. The molecule has 15 heteroatoms. The molecule has 0 aromatic heterocycles. The normalized spacial score (nSPS) is 12.9. The predicted octanol–water partition coefficient (Wildman–Crippen LogP) is -3.29. The number of guanidine groups is 1. The number of amides is 6. The van der Waals surface area contributed by atoms with Crippen LogP contribution in [0.3, 0.4) is 0 Å². The summed E-state index contributed by atoms with van der Waals surface area (Å²) in [7, 11) is 4.57. The number of urea groups is 1. The number of nitrogens with zero attached hydrogens (tertiary/aromatic N) is 1. The first-order valence-corrected chi connectivity index (χ1v) is 11.8. The van der Waals surface area contributed by atoms with Crippen LogP contribution in [0.2, 0.25) is 0 Å². The monoisotopic (exact) mass is 514 g/mol. The van der Waals surface area contributed by atoms with Crippen LogP contribution in [0.4, 0.5) is 4.79 Å². The number of rotatable bonds is 17. The summed E-state index contributed by atoms with van der Waals surface area (Å²) in [6.07, 6.45) is 2.45. The van der Waals surface area contributed by atoms with E-state index in [4.69, 9.17) is 17.2 Å². The molecule has 0 bridgehead atoms. The summed E-state index contributed by atoms with van der Waals surface area (Å²) in [5.74, 6) is -1.60. The molecule has 0 aliphatic heterocycles. The van der Waals surface area contributed by atoms with Crippen molar-refractivity contribution in [3.63, 3.8) is 0 Å². The van der Waals surface area contributed by atoms with Crippen molar-refractivity contribution in [1.29, 1.82) is 0 Å². The molecule has 0 radical (unpaired) electrons. The average molecular weight is 515 g/mol. The quantitative estimate of drug-likeness (QED) is 0.0535. The molecule has 0 aromatic rings. The summed E-state index contributed by atoms with van der Waals surface area (Å²) in [6.45, 7) is 0.607. The van der Waals surface area contributed by atoms with E-state index in [2.05, 4.69) is 36.9 Å². The van der Waals surface area contributed by atoms with Crippen LogP contribution in [-0.2, 0) is 19.2 Å². The first kappa shape index (κ1) is 32.5. The third kappa shape index (κ3) is 14.7. The van der Waals surface area contributed by atoms with Crippen LogP contribution in [0, 0.1) is 0 Å². The van der Waals surface area contributed by atoms with Crippen molar-refractivity contribution in [3.8, 4) is 0 Å². The number of nitrogens with two attached hydrogens (primary N) is 3. The standard InChI is InChI=1S/C21H42N10O5/c1-25-14(18(34)26-2)9-10-16(32)31-21(36)29-11-5-4-8-15(19(35)27-3)30-17(33)13(22)7-6-12-28-20(23)24/h13-15,25H,4-12,22H2,1-3H3,(H,26,34)(H,27,35)(H,30,33)(H4,23,24,28)(H2,29,31,32,36). The Hall–Kier alpha value is -3.46. The molecule has 6 amide bonds. The van der Waals surface area contributed by atoms with Crippen molar-refractivity contribution in [1.82, 2.24) is 31.9 Å². The fourth-order valence-electron chi connectivity index (χ4n) is 3.14. The van der Waals surface area contributed by atoms with Gasteiger partial charge in [0.05, 0.1) is 12.1 Å². The van der Waals surface area contributed by atoms with E-state index in [0.29, 0.717) is 38.6 Å². The summed E-state index contributed by atoms with van der Waals surface area (Å²) in [5.41, 5.74) is 16.4. The zero-order chi connectivity index (χ0) is 27.5. The molecular formula is C21H42N10O5. The van der Waals surface area contributed by atoms with E-state index in [1.807, 2.05) is 0 Å². The molecule has 0 saturated heterocycles. The lowest BCUT2D eigenvalue weighted by molar-refractivity contribution is -0.129. The van der Waals surface area contributed by atoms with Crippen molar-refractivity contribution in [3.05, 3.63) is 0 Å². The molecular weight excluding hydrogens is 472 g/mol. The van der Waals surface area contributed by atoms with E-state index in [9.17, 15) is 24.0 Å². The van der Waals surface area contributed by atoms with Crippen molar-refractivity contribution in [2.75, 3.05) is 34.2 Å². The summed E-state index contributed by atoms with van der Waals surface area (Å²) < 4.78 is 0. The number of aliphatic imine (C=N–C) groups is 1. The molecule has 36 heavy (non-hydrogen) atoms. The summed E-state index contributed by atoms with van der Waals surface area (Å²) in [5, 5.41) is 15.2. The fraction of sp³-hybridized carbons (Fsp3) is 0.714. The van der Waals surface area contributed by atoms with Crippen molar-refractivity contribution in [2.45, 2.75) is 63.1 Å². The highest BCUT2D eigenvalue weighted by molar-refractivity contribution is 5.94. The smallest absolute Gasteiger partial charge is 0.321 e. The Morgan fingerprint density at radius 2 is 1.44 bits per heavy atom. The fourth-order valence-corrected chi connectivity index (χ4v) is 3.14. The number of likely N-dealkylation sites (N-methyl/N-ethyl adjacent to an activating group) is 3. The topological polar surface area (TPSA) is 248 Å². The van der Waals surface area contributed by atoms with Gasteiger partial charge < -0.3 is 43.8 Å². The Labute approximate surface area is 211 Å². The van der Waals surface area contributed by atoms with E-state index in [-0.39, 0.29) is 37.2 Å². The van der Waals surface area contributed by atoms with Crippen molar-refractivity contribution >= 4 is 35.6 Å². The minimum atomic E-state index is -0.811. The number of carbonyl (C=O) groups excluding carboxylic acids is 5. The van der Waals surface area contributed by atoms with Gasteiger partial charge in [0.15, 0.2) is 5.96 Å². The largest absolute Gasteiger partial charge is 0.370 e. The molecule has 0 fully saturated rings. The van der Waals surface area contributed by atoms with Gasteiger partial charge in [-0.25, -0.2) is 4.79 Å². The zero-order valence-electron chi connectivity index (χ0n) is 21.3. The lowest BCUT2D eigenvalue weighted by atomic mass is 10.1. The van der Waals surface area contributed by atoms with Gasteiger partial charge in [-0.15, -0.1) is 0 Å². The molecule has 3 atom stereocenters. The summed E-state index contributed by atoms with van der Waals surface area (Å²) >= 11 is 0. The molecule has 12 N–H and O–H groups in total. The zero-order valence-corrected chi connectivity index (χ0v) is 21.3. The van der Waals surface area contributed by atoms with Gasteiger partial charge in [0, 0.05) is 33.6 Å². The minimum absolute atomic E-state index is 0.00369. The van der Waals surface area contributed by atoms with Gasteiger partial charge in [-0.05, 0) is 45.6 Å². The lowest BCUT2D eigenvalue weighted by Gasteiger charge is -2.20. The van der Waals surface area contributed by atoms with Crippen molar-refractivity contribution < 1.29 is 24.0 Å². The Bertz CT molecular complexity index is 757. The summed E-state index contributed by atoms with van der Waals surface area (Å²) in [4.78, 5) is 63.7. The van der Waals surface area contributed by atoms with E-state index in [0.717, 1.165) is 0 Å². The van der Waals surface area contributed by atoms with E-state index >= 15 is 0 Å². The Morgan fingerprint density at radius 3 is 2.03 bits per heavy atom. The average Bonchev–Trinajstić information content (AvgIpc) is 2.84. The Morgan fingerprint density at radius 1 is 0.806 bits per heavy atom. The van der Waals surface area contributed by atoms with Gasteiger partial charge in [-0.1, -0.05) is 0 Å². The molecule has 0 saturated carbocycles. The third-order valence-electron chi connectivity index (χ3n) is 5.21. The molecule has 0 aromatic carbocycles. The van der Waals surface area contributed by atoms with E-state index in [1.54, 1.807) is 7.05 Å². The predicted molar refractivity (Wildman–Crippen MR) is 135 cm³/mol. The van der Waals surface area contributed by atoms with Crippen LogP contribution in [0.25, 0.3) is 0 Å². The highest BCUT2D eigenvalue weighted by Gasteiger charge is 2.22. The highest BCUT2D eigenvalue weighted by Crippen LogP contribution is 2.03. The third-order valence-corrected chi connectivity index (χ3v) is 5.21. The van der Waals surface area contributed by atoms with Crippen LogP contribution < -0.4 is 49.1 Å². The first-order valence-electron chi connectivity index (χ1n) is 11.8. The molecule has 3 unspecified atom stereocenters. The molecule has 0 aliphatic rings. The number of hydrogen-bond acceptors (Lipinski definition) is 8. The van der Waals surface area contributed by atoms with Crippen molar-refractivity contribution in [2.24, 2.45) is 22.2 Å². The molecule has 0 rings (SSSR count). The maximum absolute atomic E-state index is 12.3. The number of carbonyl (C=O) groups is 5.